The van der Waals surface area contributed by atoms with Crippen molar-refractivity contribution in [1.29, 1.82) is 0 Å². The standard InChI is InChI=1S/C34H30N4O3S/c1-22-21-28(23(2)37(22)30-15-8-7-13-27(30)33(39)40-3)32-31(29-14-9-10-20-35-29)36-34(42)38(32)24-16-18-26(19-17-24)41-25-11-5-4-6-12-25/h4-21,31-32H,1-3H3,(H,36,42). The van der Waals surface area contributed by atoms with Gasteiger partial charge in [-0.3, -0.25) is 4.98 Å². The highest BCUT2D eigenvalue weighted by Gasteiger charge is 2.42. The van der Waals surface area contributed by atoms with Crippen LogP contribution in [0.5, 0.6) is 11.5 Å². The van der Waals surface area contributed by atoms with Gasteiger partial charge in [-0.05, 0) is 98.4 Å². The summed E-state index contributed by atoms with van der Waals surface area (Å²) in [4.78, 5) is 19.5. The minimum atomic E-state index is -0.380. The van der Waals surface area contributed by atoms with Crippen LogP contribution in [0.25, 0.3) is 5.69 Å². The summed E-state index contributed by atoms with van der Waals surface area (Å²) in [5.41, 5.74) is 6.13. The molecule has 1 saturated heterocycles. The van der Waals surface area contributed by atoms with E-state index in [-0.39, 0.29) is 18.1 Å². The number of anilines is 1. The highest BCUT2D eigenvalue weighted by atomic mass is 32.1. The molecule has 5 aromatic rings. The number of aromatic nitrogens is 2. The molecular formula is C34H30N4O3S. The molecule has 3 heterocycles. The lowest BCUT2D eigenvalue weighted by atomic mass is 9.96. The average Bonchev–Trinajstić information content (AvgIpc) is 3.52. The number of benzene rings is 3. The molecule has 1 aliphatic rings. The van der Waals surface area contributed by atoms with E-state index >= 15 is 0 Å². The van der Waals surface area contributed by atoms with Crippen molar-refractivity contribution in [2.75, 3.05) is 12.0 Å². The number of thiocarbonyl (C=S) groups is 1. The first-order chi connectivity index (χ1) is 20.5. The normalized spacial score (nSPS) is 16.3. The molecule has 1 aliphatic heterocycles. The molecule has 1 fully saturated rings. The Hall–Kier alpha value is -4.95. The van der Waals surface area contributed by atoms with Gasteiger partial charge in [0.15, 0.2) is 5.11 Å². The minimum Gasteiger partial charge on any atom is -0.465 e. The van der Waals surface area contributed by atoms with Gasteiger partial charge in [0, 0.05) is 23.3 Å². The molecule has 2 unspecified atom stereocenters. The molecule has 0 bridgehead atoms. The number of para-hydroxylation sites is 2. The van der Waals surface area contributed by atoms with Crippen molar-refractivity contribution >= 4 is 29.0 Å². The van der Waals surface area contributed by atoms with Crippen LogP contribution >= 0.6 is 12.2 Å². The minimum absolute atomic E-state index is 0.205. The maximum Gasteiger partial charge on any atom is 0.339 e. The van der Waals surface area contributed by atoms with Crippen LogP contribution in [0.15, 0.2) is 109 Å². The molecule has 42 heavy (non-hydrogen) atoms. The molecule has 1 N–H and O–H groups in total. The van der Waals surface area contributed by atoms with E-state index in [1.165, 1.54) is 7.11 Å². The summed E-state index contributed by atoms with van der Waals surface area (Å²) in [5.74, 6) is 1.13. The van der Waals surface area contributed by atoms with Crippen molar-refractivity contribution in [2.24, 2.45) is 0 Å². The molecule has 6 rings (SSSR count). The lowest BCUT2D eigenvalue weighted by Crippen LogP contribution is -2.29. The van der Waals surface area contributed by atoms with Gasteiger partial charge in [0.05, 0.1) is 36.1 Å². The monoisotopic (exact) mass is 574 g/mol. The van der Waals surface area contributed by atoms with Crippen molar-refractivity contribution in [3.05, 3.63) is 138 Å². The number of esters is 1. The molecule has 0 amide bonds. The van der Waals surface area contributed by atoms with Gasteiger partial charge in [0.1, 0.15) is 11.5 Å². The van der Waals surface area contributed by atoms with Gasteiger partial charge >= 0.3 is 5.97 Å². The number of hydrogen-bond donors (Lipinski definition) is 1. The Morgan fingerprint density at radius 3 is 2.29 bits per heavy atom. The zero-order valence-electron chi connectivity index (χ0n) is 23.5. The Morgan fingerprint density at radius 2 is 1.57 bits per heavy atom. The molecule has 0 spiro atoms. The van der Waals surface area contributed by atoms with Gasteiger partial charge in [-0.15, -0.1) is 0 Å². The maximum atomic E-state index is 12.7. The Labute approximate surface area is 250 Å². The van der Waals surface area contributed by atoms with Gasteiger partial charge in [-0.25, -0.2) is 4.79 Å². The fraction of sp³-hybridized carbons (Fsp3) is 0.147. The van der Waals surface area contributed by atoms with E-state index in [9.17, 15) is 4.79 Å². The first kappa shape index (κ1) is 27.2. The summed E-state index contributed by atoms with van der Waals surface area (Å²) in [6.45, 7) is 4.11. The van der Waals surface area contributed by atoms with E-state index in [0.29, 0.717) is 10.7 Å². The summed E-state index contributed by atoms with van der Waals surface area (Å²) in [7, 11) is 1.40. The molecule has 3 aromatic carbocycles. The summed E-state index contributed by atoms with van der Waals surface area (Å²) in [5, 5.41) is 4.14. The van der Waals surface area contributed by atoms with Crippen molar-refractivity contribution in [3.63, 3.8) is 0 Å². The molecular weight excluding hydrogens is 544 g/mol. The SMILES string of the molecule is COC(=O)c1ccccc1-n1c(C)cc(C2C(c3ccccn3)NC(=S)N2c2ccc(Oc3ccccc3)cc2)c1C. The first-order valence-corrected chi connectivity index (χ1v) is 14.1. The largest absolute Gasteiger partial charge is 0.465 e. The van der Waals surface area contributed by atoms with Crippen molar-refractivity contribution in [3.8, 4) is 17.2 Å². The van der Waals surface area contributed by atoms with E-state index in [1.54, 1.807) is 12.3 Å². The molecule has 210 valence electrons. The molecule has 2 atom stereocenters. The predicted octanol–water partition coefficient (Wildman–Crippen LogP) is 7.25. The van der Waals surface area contributed by atoms with E-state index in [2.05, 4.69) is 32.8 Å². The van der Waals surface area contributed by atoms with E-state index in [4.69, 9.17) is 21.7 Å². The number of aryl methyl sites for hydroxylation is 1. The van der Waals surface area contributed by atoms with Gasteiger partial charge in [-0.1, -0.05) is 36.4 Å². The summed E-state index contributed by atoms with van der Waals surface area (Å²) >= 11 is 5.95. The van der Waals surface area contributed by atoms with Gasteiger partial charge in [0.25, 0.3) is 0 Å². The van der Waals surface area contributed by atoms with Gasteiger partial charge < -0.3 is 24.3 Å². The van der Waals surface area contributed by atoms with Crippen LogP contribution in [-0.4, -0.2) is 27.7 Å². The predicted molar refractivity (Wildman–Crippen MR) is 167 cm³/mol. The molecule has 7 nitrogen and oxygen atoms in total. The maximum absolute atomic E-state index is 12.7. The topological polar surface area (TPSA) is 68.6 Å². The van der Waals surface area contributed by atoms with Crippen LogP contribution in [0, 0.1) is 13.8 Å². The summed E-state index contributed by atoms with van der Waals surface area (Å²) < 4.78 is 13.2. The molecule has 0 radical (unpaired) electrons. The third-order valence-electron chi connectivity index (χ3n) is 7.53. The lowest BCUT2D eigenvalue weighted by molar-refractivity contribution is 0.0600. The lowest BCUT2D eigenvalue weighted by Gasteiger charge is -2.28. The third kappa shape index (κ3) is 5.01. The quantitative estimate of drug-likeness (QED) is 0.162. The fourth-order valence-electron chi connectivity index (χ4n) is 5.66. The molecule has 0 aliphatic carbocycles. The van der Waals surface area contributed by atoms with E-state index in [1.807, 2.05) is 97.9 Å². The zero-order chi connectivity index (χ0) is 29.2. The number of carbonyl (C=O) groups is 1. The van der Waals surface area contributed by atoms with Crippen molar-refractivity contribution in [1.82, 2.24) is 14.9 Å². The number of ether oxygens (including phenoxy) is 2. The number of nitrogens with one attached hydrogen (secondary N) is 1. The summed E-state index contributed by atoms with van der Waals surface area (Å²) in [6.07, 6.45) is 1.80. The molecule has 0 saturated carbocycles. The third-order valence-corrected chi connectivity index (χ3v) is 7.85. The Morgan fingerprint density at radius 1 is 0.881 bits per heavy atom. The number of nitrogens with zero attached hydrogens (tertiary/aromatic N) is 3. The molecule has 2 aromatic heterocycles. The second-order valence-corrected chi connectivity index (χ2v) is 10.5. The van der Waals surface area contributed by atoms with Crippen LogP contribution in [0.1, 0.15) is 45.1 Å². The number of methoxy groups -OCH3 is 1. The van der Waals surface area contributed by atoms with Crippen LogP contribution in [0.3, 0.4) is 0 Å². The average molecular weight is 575 g/mol. The van der Waals surface area contributed by atoms with Crippen molar-refractivity contribution in [2.45, 2.75) is 25.9 Å². The Bertz CT molecular complexity index is 1740. The fourth-order valence-corrected chi connectivity index (χ4v) is 6.00. The zero-order valence-corrected chi connectivity index (χ0v) is 24.3. The number of hydrogen-bond acceptors (Lipinski definition) is 5. The van der Waals surface area contributed by atoms with Gasteiger partial charge in [0.2, 0.25) is 0 Å². The Balaban J connectivity index is 1.44. The highest BCUT2D eigenvalue weighted by Crippen LogP contribution is 2.44. The Kier molecular flexibility index (Phi) is 7.46. The van der Waals surface area contributed by atoms with Crippen LogP contribution < -0.4 is 15.0 Å². The highest BCUT2D eigenvalue weighted by molar-refractivity contribution is 7.80. The van der Waals surface area contributed by atoms with Crippen molar-refractivity contribution < 1.29 is 14.3 Å². The number of carbonyl (C=O) groups excluding carboxylic acids is 1. The first-order valence-electron chi connectivity index (χ1n) is 13.7. The number of pyridine rings is 1. The van der Waals surface area contributed by atoms with E-state index in [0.717, 1.165) is 45.5 Å². The molecule has 8 heteroatoms. The smallest absolute Gasteiger partial charge is 0.339 e. The van der Waals surface area contributed by atoms with Crippen LogP contribution in [0.4, 0.5) is 5.69 Å². The van der Waals surface area contributed by atoms with Crippen LogP contribution in [-0.2, 0) is 4.74 Å². The van der Waals surface area contributed by atoms with Gasteiger partial charge in [-0.2, -0.15) is 0 Å². The second-order valence-electron chi connectivity index (χ2n) is 10.1. The second kappa shape index (κ2) is 11.5. The van der Waals surface area contributed by atoms with E-state index < -0.39 is 0 Å². The van der Waals surface area contributed by atoms with Crippen LogP contribution in [0.2, 0.25) is 0 Å². The number of rotatable bonds is 7. The summed E-state index contributed by atoms with van der Waals surface area (Å²) in [6, 6.07) is 32.8.